The van der Waals surface area contributed by atoms with Crippen molar-refractivity contribution in [2.75, 3.05) is 0 Å². The Hall–Kier alpha value is -2.80. The van der Waals surface area contributed by atoms with Gasteiger partial charge in [-0.05, 0) is 42.0 Å². The van der Waals surface area contributed by atoms with Crippen LogP contribution in [0.5, 0.6) is 0 Å². The van der Waals surface area contributed by atoms with Crippen molar-refractivity contribution >= 4 is 6.08 Å². The molecular weight excluding hydrogens is 287 g/mol. The van der Waals surface area contributed by atoms with Crippen molar-refractivity contribution in [1.29, 1.82) is 0 Å². The van der Waals surface area contributed by atoms with Crippen LogP contribution in [-0.2, 0) is 6.42 Å². The van der Waals surface area contributed by atoms with E-state index in [1.165, 1.54) is 18.2 Å². The Morgan fingerprint density at radius 3 is 2.77 bits per heavy atom. The predicted octanol–water partition coefficient (Wildman–Crippen LogP) is 2.27. The number of hydrogen-bond acceptors (Lipinski definition) is 5. The highest BCUT2D eigenvalue weighted by molar-refractivity contribution is 5.44. The third-order valence-corrected chi connectivity index (χ3v) is 3.04. The second-order valence-corrected chi connectivity index (χ2v) is 4.68. The molecule has 2 aromatic heterocycles. The van der Waals surface area contributed by atoms with Crippen molar-refractivity contribution in [2.24, 2.45) is 0 Å². The van der Waals surface area contributed by atoms with Gasteiger partial charge in [0.15, 0.2) is 0 Å². The van der Waals surface area contributed by atoms with Gasteiger partial charge < -0.3 is 9.52 Å². The first kappa shape index (κ1) is 14.2. The van der Waals surface area contributed by atoms with E-state index in [1.807, 2.05) is 6.07 Å². The molecule has 7 heteroatoms. The van der Waals surface area contributed by atoms with Crippen LogP contribution in [0.1, 0.15) is 29.0 Å². The molecule has 2 N–H and O–H groups in total. The quantitative estimate of drug-likeness (QED) is 0.754. The predicted molar refractivity (Wildman–Crippen MR) is 76.1 cm³/mol. The van der Waals surface area contributed by atoms with Crippen LogP contribution in [0.2, 0.25) is 0 Å². The molecule has 0 aliphatic heterocycles. The number of halogens is 1. The van der Waals surface area contributed by atoms with Crippen LogP contribution in [0.3, 0.4) is 0 Å². The van der Waals surface area contributed by atoms with Crippen molar-refractivity contribution in [3.05, 3.63) is 71.2 Å². The molecule has 1 unspecified atom stereocenters. The zero-order valence-electron chi connectivity index (χ0n) is 11.5. The van der Waals surface area contributed by atoms with Gasteiger partial charge in [0.1, 0.15) is 23.4 Å². The normalized spacial score (nSPS) is 12.8. The fraction of sp³-hybridized carbons (Fsp3) is 0.133. The second kappa shape index (κ2) is 6.31. The Balaban J connectivity index is 1.64. The molecular formula is C15H13FN4O2. The van der Waals surface area contributed by atoms with Gasteiger partial charge in [-0.2, -0.15) is 5.21 Å². The average molecular weight is 300 g/mol. The van der Waals surface area contributed by atoms with E-state index in [0.29, 0.717) is 12.2 Å². The van der Waals surface area contributed by atoms with Crippen LogP contribution in [0.4, 0.5) is 4.39 Å². The minimum absolute atomic E-state index is 0.189. The molecule has 112 valence electrons. The van der Waals surface area contributed by atoms with E-state index in [4.69, 9.17) is 4.42 Å². The van der Waals surface area contributed by atoms with E-state index in [2.05, 4.69) is 20.6 Å². The lowest BCUT2D eigenvalue weighted by molar-refractivity contribution is 0.219. The molecule has 0 aliphatic rings. The molecule has 2 heterocycles. The number of tetrazole rings is 1. The monoisotopic (exact) mass is 300 g/mol. The van der Waals surface area contributed by atoms with Crippen molar-refractivity contribution < 1.29 is 13.9 Å². The summed E-state index contributed by atoms with van der Waals surface area (Å²) in [6.07, 6.45) is 2.76. The standard InChI is InChI=1S/C15H13FN4O2/c16-11-3-1-10(2-4-11)9-13-6-5-12(22-13)7-8-14(21)15-17-19-20-18-15/h1-8,14,21H,9H2,(H,17,18,19,20). The molecule has 0 saturated heterocycles. The summed E-state index contributed by atoms with van der Waals surface area (Å²) < 4.78 is 18.5. The lowest BCUT2D eigenvalue weighted by atomic mass is 10.1. The lowest BCUT2D eigenvalue weighted by Crippen LogP contribution is -1.95. The summed E-state index contributed by atoms with van der Waals surface area (Å²) in [5, 5.41) is 22.8. The lowest BCUT2D eigenvalue weighted by Gasteiger charge is -1.98. The number of benzene rings is 1. The van der Waals surface area contributed by atoms with Gasteiger partial charge in [-0.25, -0.2) is 4.39 Å². The van der Waals surface area contributed by atoms with Crippen molar-refractivity contribution in [2.45, 2.75) is 12.5 Å². The van der Waals surface area contributed by atoms with E-state index >= 15 is 0 Å². The van der Waals surface area contributed by atoms with Gasteiger partial charge in [-0.1, -0.05) is 17.3 Å². The Bertz CT molecular complexity index is 750. The molecule has 6 nitrogen and oxygen atoms in total. The Morgan fingerprint density at radius 1 is 1.23 bits per heavy atom. The van der Waals surface area contributed by atoms with Gasteiger partial charge in [-0.15, -0.1) is 10.2 Å². The van der Waals surface area contributed by atoms with Gasteiger partial charge >= 0.3 is 0 Å². The van der Waals surface area contributed by atoms with Gasteiger partial charge in [0, 0.05) is 6.42 Å². The maximum absolute atomic E-state index is 12.8. The second-order valence-electron chi connectivity index (χ2n) is 4.68. The Morgan fingerprint density at radius 2 is 2.05 bits per heavy atom. The van der Waals surface area contributed by atoms with Crippen LogP contribution >= 0.6 is 0 Å². The minimum Gasteiger partial charge on any atom is -0.461 e. The van der Waals surface area contributed by atoms with Gasteiger partial charge in [0.05, 0.1) is 0 Å². The number of aliphatic hydroxyl groups excluding tert-OH is 1. The summed E-state index contributed by atoms with van der Waals surface area (Å²) in [6.45, 7) is 0. The van der Waals surface area contributed by atoms with Crippen LogP contribution in [0.15, 0.2) is 46.9 Å². The molecule has 0 amide bonds. The van der Waals surface area contributed by atoms with Crippen molar-refractivity contribution in [3.8, 4) is 0 Å². The molecule has 3 rings (SSSR count). The molecule has 1 atom stereocenters. The zero-order valence-corrected chi connectivity index (χ0v) is 11.5. The zero-order chi connectivity index (χ0) is 15.4. The highest BCUT2D eigenvalue weighted by Crippen LogP contribution is 2.16. The molecule has 0 bridgehead atoms. The average Bonchev–Trinajstić information content (AvgIpc) is 3.19. The summed E-state index contributed by atoms with van der Waals surface area (Å²) in [6, 6.07) is 9.89. The number of aromatic amines is 1. The van der Waals surface area contributed by atoms with Gasteiger partial charge in [-0.3, -0.25) is 0 Å². The number of furan rings is 1. The highest BCUT2D eigenvalue weighted by atomic mass is 19.1. The number of hydrogen-bond donors (Lipinski definition) is 2. The van der Waals surface area contributed by atoms with Crippen LogP contribution in [0, 0.1) is 5.82 Å². The summed E-state index contributed by atoms with van der Waals surface area (Å²) >= 11 is 0. The first-order valence-electron chi connectivity index (χ1n) is 6.63. The smallest absolute Gasteiger partial charge is 0.206 e. The largest absolute Gasteiger partial charge is 0.461 e. The molecule has 3 aromatic rings. The Labute approximate surface area is 125 Å². The third kappa shape index (κ3) is 3.44. The minimum atomic E-state index is -0.954. The summed E-state index contributed by atoms with van der Waals surface area (Å²) in [4.78, 5) is 0. The maximum Gasteiger partial charge on any atom is 0.206 e. The molecule has 1 aromatic carbocycles. The number of aliphatic hydroxyl groups is 1. The first-order valence-corrected chi connectivity index (χ1v) is 6.63. The Kier molecular flexibility index (Phi) is 4.06. The number of rotatable bonds is 5. The fourth-order valence-electron chi connectivity index (χ4n) is 1.95. The number of nitrogens with one attached hydrogen (secondary N) is 1. The van der Waals surface area contributed by atoms with Crippen LogP contribution < -0.4 is 0 Å². The van der Waals surface area contributed by atoms with Gasteiger partial charge in [0.25, 0.3) is 0 Å². The number of H-pyrrole nitrogens is 1. The molecule has 0 aliphatic carbocycles. The van der Waals surface area contributed by atoms with E-state index in [1.54, 1.807) is 24.3 Å². The molecule has 22 heavy (non-hydrogen) atoms. The summed E-state index contributed by atoms with van der Waals surface area (Å²) in [5.41, 5.74) is 0.957. The topological polar surface area (TPSA) is 87.8 Å². The van der Waals surface area contributed by atoms with Crippen LogP contribution in [0.25, 0.3) is 6.08 Å². The molecule has 0 saturated carbocycles. The number of aromatic nitrogens is 4. The molecule has 0 radical (unpaired) electrons. The number of nitrogens with zero attached hydrogens (tertiary/aromatic N) is 3. The highest BCUT2D eigenvalue weighted by Gasteiger charge is 2.08. The van der Waals surface area contributed by atoms with Gasteiger partial charge in [0.2, 0.25) is 5.82 Å². The van der Waals surface area contributed by atoms with Crippen molar-refractivity contribution in [3.63, 3.8) is 0 Å². The molecule has 0 spiro atoms. The maximum atomic E-state index is 12.8. The van der Waals surface area contributed by atoms with E-state index in [9.17, 15) is 9.50 Å². The SMILES string of the molecule is OC(C=Cc1ccc(Cc2ccc(F)cc2)o1)c1nn[nH]n1. The van der Waals surface area contributed by atoms with Crippen LogP contribution in [-0.4, -0.2) is 25.7 Å². The van der Waals surface area contributed by atoms with Crippen molar-refractivity contribution in [1.82, 2.24) is 20.6 Å². The van der Waals surface area contributed by atoms with E-state index in [0.717, 1.165) is 11.3 Å². The van der Waals surface area contributed by atoms with E-state index in [-0.39, 0.29) is 11.6 Å². The first-order chi connectivity index (χ1) is 10.7. The summed E-state index contributed by atoms with van der Waals surface area (Å²) in [7, 11) is 0. The molecule has 0 fully saturated rings. The third-order valence-electron chi connectivity index (χ3n) is 3.04. The van der Waals surface area contributed by atoms with E-state index < -0.39 is 6.10 Å². The summed E-state index contributed by atoms with van der Waals surface area (Å²) in [5.74, 6) is 1.27. The fourth-order valence-corrected chi connectivity index (χ4v) is 1.95.